The molecule has 0 radical (unpaired) electrons. The maximum absolute atomic E-state index is 5.86. The third kappa shape index (κ3) is 1.56. The Bertz CT molecular complexity index is 379. The first kappa shape index (κ1) is 8.27. The minimum absolute atomic E-state index is 0.326. The molecule has 0 spiro atoms. The van der Waals surface area contributed by atoms with Crippen molar-refractivity contribution in [1.29, 1.82) is 0 Å². The summed E-state index contributed by atoms with van der Waals surface area (Å²) in [7, 11) is 1.75. The summed E-state index contributed by atoms with van der Waals surface area (Å²) in [5.74, 6) is 0. The highest BCUT2D eigenvalue weighted by atomic mass is 32.1. The molecule has 0 fully saturated rings. The molecule has 0 amide bonds. The summed E-state index contributed by atoms with van der Waals surface area (Å²) in [5, 5.41) is 8.01. The molecule has 2 aromatic rings. The molecule has 1 atom stereocenters. The summed E-state index contributed by atoms with van der Waals surface area (Å²) >= 11 is 1.13. The van der Waals surface area contributed by atoms with Crippen LogP contribution in [0.5, 0.6) is 0 Å². The van der Waals surface area contributed by atoms with Gasteiger partial charge in [0.25, 0.3) is 0 Å². The first-order valence-corrected chi connectivity index (χ1v) is 4.39. The van der Waals surface area contributed by atoms with Crippen LogP contribution in [0.2, 0.25) is 0 Å². The van der Waals surface area contributed by atoms with Gasteiger partial charge in [-0.2, -0.15) is 23.7 Å². The van der Waals surface area contributed by atoms with Crippen molar-refractivity contribution < 1.29 is 0 Å². The van der Waals surface area contributed by atoms with Gasteiger partial charge >= 0.3 is 0 Å². The van der Waals surface area contributed by atoms with Gasteiger partial charge in [0.05, 0.1) is 35.9 Å². The number of aryl methyl sites for hydroxylation is 1. The minimum Gasteiger partial charge on any atom is -0.317 e. The largest absolute Gasteiger partial charge is 0.317 e. The molecule has 6 nitrogen and oxygen atoms in total. The molecule has 0 aliphatic heterocycles. The van der Waals surface area contributed by atoms with Crippen LogP contribution in [-0.4, -0.2) is 23.7 Å². The van der Waals surface area contributed by atoms with Gasteiger partial charge in [0.1, 0.15) is 5.69 Å². The molecule has 0 saturated heterocycles. The Morgan fingerprint density at radius 2 is 2.31 bits per heavy atom. The average Bonchev–Trinajstić information content (AvgIpc) is 2.72. The standard InChI is InChI=1S/C6H8N6S/c1-12-8-2-4(10-12)6(7)5-3-9-13-11-5/h2-3,6H,7H2,1H3. The molecule has 0 aromatic carbocycles. The lowest BCUT2D eigenvalue weighted by molar-refractivity contribution is 0.636. The molecule has 2 aromatic heterocycles. The van der Waals surface area contributed by atoms with E-state index in [2.05, 4.69) is 18.9 Å². The molecule has 2 heterocycles. The summed E-state index contributed by atoms with van der Waals surface area (Å²) in [6.07, 6.45) is 3.27. The van der Waals surface area contributed by atoms with Crippen molar-refractivity contribution in [3.05, 3.63) is 23.8 Å². The number of hydrogen-bond donors (Lipinski definition) is 1. The Morgan fingerprint density at radius 1 is 1.46 bits per heavy atom. The van der Waals surface area contributed by atoms with E-state index in [1.165, 1.54) is 4.80 Å². The van der Waals surface area contributed by atoms with Gasteiger partial charge in [0.2, 0.25) is 0 Å². The number of nitrogens with two attached hydrogens (primary N) is 1. The van der Waals surface area contributed by atoms with Crippen LogP contribution in [0, 0.1) is 0 Å². The van der Waals surface area contributed by atoms with Gasteiger partial charge in [-0.15, -0.1) is 0 Å². The first-order chi connectivity index (χ1) is 6.27. The lowest BCUT2D eigenvalue weighted by atomic mass is 10.2. The van der Waals surface area contributed by atoms with Gasteiger partial charge in [-0.25, -0.2) is 0 Å². The third-order valence-electron chi connectivity index (χ3n) is 1.63. The van der Waals surface area contributed by atoms with Crippen LogP contribution in [0.1, 0.15) is 17.4 Å². The Kier molecular flexibility index (Phi) is 2.03. The van der Waals surface area contributed by atoms with Crippen molar-refractivity contribution in [1.82, 2.24) is 23.7 Å². The zero-order chi connectivity index (χ0) is 9.26. The fourth-order valence-corrected chi connectivity index (χ4v) is 1.42. The summed E-state index contributed by atoms with van der Waals surface area (Å²) in [4.78, 5) is 1.47. The van der Waals surface area contributed by atoms with Crippen molar-refractivity contribution in [3.63, 3.8) is 0 Å². The van der Waals surface area contributed by atoms with Gasteiger partial charge in [-0.05, 0) is 0 Å². The van der Waals surface area contributed by atoms with E-state index < -0.39 is 0 Å². The van der Waals surface area contributed by atoms with Crippen LogP contribution < -0.4 is 5.73 Å². The van der Waals surface area contributed by atoms with E-state index in [0.29, 0.717) is 5.69 Å². The fraction of sp³-hybridized carbons (Fsp3) is 0.333. The van der Waals surface area contributed by atoms with E-state index in [9.17, 15) is 0 Å². The topological polar surface area (TPSA) is 82.5 Å². The molecule has 0 aliphatic rings. The second kappa shape index (κ2) is 3.19. The van der Waals surface area contributed by atoms with Gasteiger partial charge in [0.15, 0.2) is 0 Å². The number of aromatic nitrogens is 5. The Labute approximate surface area is 78.7 Å². The van der Waals surface area contributed by atoms with Gasteiger partial charge in [-0.3, -0.25) is 0 Å². The SMILES string of the molecule is Cn1ncc(C(N)c2cnsn2)n1. The quantitative estimate of drug-likeness (QED) is 0.714. The van der Waals surface area contributed by atoms with Crippen molar-refractivity contribution in [2.24, 2.45) is 12.8 Å². The maximum Gasteiger partial charge on any atom is 0.106 e. The van der Waals surface area contributed by atoms with E-state index in [1.54, 1.807) is 19.4 Å². The predicted molar refractivity (Wildman–Crippen MR) is 46.9 cm³/mol. The molecule has 0 bridgehead atoms. The second-order valence-electron chi connectivity index (χ2n) is 2.57. The highest BCUT2D eigenvalue weighted by Gasteiger charge is 2.14. The average molecular weight is 196 g/mol. The molecule has 0 saturated carbocycles. The molecular formula is C6H8N6S. The second-order valence-corrected chi connectivity index (χ2v) is 3.13. The van der Waals surface area contributed by atoms with Crippen LogP contribution >= 0.6 is 11.7 Å². The molecule has 68 valence electrons. The smallest absolute Gasteiger partial charge is 0.106 e. The highest BCUT2D eigenvalue weighted by Crippen LogP contribution is 2.14. The number of rotatable bonds is 2. The van der Waals surface area contributed by atoms with Crippen LogP contribution in [-0.2, 0) is 7.05 Å². The summed E-state index contributed by atoms with van der Waals surface area (Å²) in [6.45, 7) is 0. The lowest BCUT2D eigenvalue weighted by Crippen LogP contribution is -2.13. The van der Waals surface area contributed by atoms with Gasteiger partial charge in [0, 0.05) is 7.05 Å². The molecular weight excluding hydrogens is 188 g/mol. The minimum atomic E-state index is -0.326. The Morgan fingerprint density at radius 3 is 2.85 bits per heavy atom. The molecule has 13 heavy (non-hydrogen) atoms. The zero-order valence-electron chi connectivity index (χ0n) is 6.95. The molecule has 1 unspecified atom stereocenters. The third-order valence-corrected chi connectivity index (χ3v) is 2.13. The normalized spacial score (nSPS) is 13.1. The fourth-order valence-electron chi connectivity index (χ4n) is 0.964. The lowest BCUT2D eigenvalue weighted by Gasteiger charge is -2.01. The Hall–Kier alpha value is -1.34. The van der Waals surface area contributed by atoms with Crippen molar-refractivity contribution in [2.45, 2.75) is 6.04 Å². The van der Waals surface area contributed by atoms with Crippen LogP contribution in [0.3, 0.4) is 0 Å². The molecule has 0 aliphatic carbocycles. The van der Waals surface area contributed by atoms with Crippen LogP contribution in [0.4, 0.5) is 0 Å². The first-order valence-electron chi connectivity index (χ1n) is 3.66. The van der Waals surface area contributed by atoms with E-state index in [0.717, 1.165) is 17.4 Å². The number of hydrogen-bond acceptors (Lipinski definition) is 6. The number of nitrogens with zero attached hydrogens (tertiary/aromatic N) is 5. The summed E-state index contributed by atoms with van der Waals surface area (Å²) < 4.78 is 7.90. The van der Waals surface area contributed by atoms with E-state index in [1.807, 2.05) is 0 Å². The maximum atomic E-state index is 5.86. The Balaban J connectivity index is 2.28. The molecule has 7 heteroatoms. The van der Waals surface area contributed by atoms with Crippen LogP contribution in [0.15, 0.2) is 12.4 Å². The molecule has 2 rings (SSSR count). The van der Waals surface area contributed by atoms with E-state index in [4.69, 9.17) is 5.73 Å². The van der Waals surface area contributed by atoms with Crippen molar-refractivity contribution >= 4 is 11.7 Å². The van der Waals surface area contributed by atoms with E-state index in [-0.39, 0.29) is 6.04 Å². The van der Waals surface area contributed by atoms with Crippen LogP contribution in [0.25, 0.3) is 0 Å². The monoisotopic (exact) mass is 196 g/mol. The van der Waals surface area contributed by atoms with Gasteiger partial charge in [-0.1, -0.05) is 0 Å². The highest BCUT2D eigenvalue weighted by molar-refractivity contribution is 6.99. The van der Waals surface area contributed by atoms with Crippen molar-refractivity contribution in [3.8, 4) is 0 Å². The van der Waals surface area contributed by atoms with E-state index >= 15 is 0 Å². The predicted octanol–water partition coefficient (Wildman–Crippen LogP) is -0.285. The zero-order valence-corrected chi connectivity index (χ0v) is 7.77. The van der Waals surface area contributed by atoms with Gasteiger partial charge < -0.3 is 5.73 Å². The molecule has 2 N–H and O–H groups in total. The summed E-state index contributed by atoms with van der Waals surface area (Å²) in [6, 6.07) is -0.326. The summed E-state index contributed by atoms with van der Waals surface area (Å²) in [5.41, 5.74) is 7.29. The van der Waals surface area contributed by atoms with Crippen molar-refractivity contribution in [2.75, 3.05) is 0 Å².